The second-order valence-corrected chi connectivity index (χ2v) is 3.81. The Morgan fingerprint density at radius 3 is 2.69 bits per heavy atom. The van der Waals surface area contributed by atoms with Gasteiger partial charge in [-0.15, -0.1) is 0 Å². The molecule has 1 aromatic carbocycles. The monoisotopic (exact) mass is 220 g/mol. The lowest BCUT2D eigenvalue weighted by molar-refractivity contribution is -0.116. The lowest BCUT2D eigenvalue weighted by atomic mass is 10.2. The van der Waals surface area contributed by atoms with Crippen molar-refractivity contribution in [2.75, 3.05) is 37.8 Å². The van der Waals surface area contributed by atoms with Crippen LogP contribution < -0.4 is 10.6 Å². The first-order valence-electron chi connectivity index (χ1n) is 5.32. The number of nitrogens with zero attached hydrogens (tertiary/aromatic N) is 1. The molecule has 87 valence electrons. The number of hydrogen-bond acceptors (Lipinski definition) is 3. The van der Waals surface area contributed by atoms with Crippen LogP contribution >= 0.6 is 0 Å². The van der Waals surface area contributed by atoms with Crippen LogP contribution in [0, 0.1) is 6.07 Å². The Hall–Kier alpha value is -1.55. The molecule has 0 aliphatic rings. The van der Waals surface area contributed by atoms with Crippen LogP contribution in [0.15, 0.2) is 18.2 Å². The zero-order chi connectivity index (χ0) is 12.0. The Balaban J connectivity index is 2.51. The molecular formula is C12H18N3O. The molecule has 0 aliphatic heterocycles. The van der Waals surface area contributed by atoms with Gasteiger partial charge in [0.25, 0.3) is 0 Å². The highest BCUT2D eigenvalue weighted by Crippen LogP contribution is 2.12. The van der Waals surface area contributed by atoms with Gasteiger partial charge >= 0.3 is 0 Å². The number of hydrogen-bond donors (Lipinski definition) is 2. The number of benzene rings is 1. The summed E-state index contributed by atoms with van der Waals surface area (Å²) in [6.07, 6.45) is 0. The van der Waals surface area contributed by atoms with Crippen molar-refractivity contribution in [1.29, 1.82) is 0 Å². The van der Waals surface area contributed by atoms with Gasteiger partial charge in [-0.1, -0.05) is 0 Å². The topological polar surface area (TPSA) is 44.4 Å². The maximum Gasteiger partial charge on any atom is 0.238 e. The summed E-state index contributed by atoms with van der Waals surface area (Å²) in [5.41, 5.74) is 1.71. The molecule has 0 heterocycles. The van der Waals surface area contributed by atoms with Crippen molar-refractivity contribution in [3.8, 4) is 0 Å². The lowest BCUT2D eigenvalue weighted by Gasteiger charge is -2.10. The first-order valence-corrected chi connectivity index (χ1v) is 5.32. The summed E-state index contributed by atoms with van der Waals surface area (Å²) in [7, 11) is 3.72. The Morgan fingerprint density at radius 2 is 2.19 bits per heavy atom. The Kier molecular flexibility index (Phi) is 4.79. The van der Waals surface area contributed by atoms with E-state index in [4.69, 9.17) is 0 Å². The van der Waals surface area contributed by atoms with Crippen molar-refractivity contribution >= 4 is 17.3 Å². The lowest BCUT2D eigenvalue weighted by Crippen LogP contribution is -2.27. The highest BCUT2D eigenvalue weighted by molar-refractivity contribution is 5.92. The first-order chi connectivity index (χ1) is 7.61. The van der Waals surface area contributed by atoms with E-state index in [2.05, 4.69) is 16.7 Å². The van der Waals surface area contributed by atoms with E-state index in [-0.39, 0.29) is 5.91 Å². The van der Waals surface area contributed by atoms with E-state index in [0.29, 0.717) is 6.54 Å². The number of rotatable bonds is 5. The Labute approximate surface area is 96.6 Å². The predicted octanol–water partition coefficient (Wildman–Crippen LogP) is 1.42. The normalized spacial score (nSPS) is 10.2. The number of carbonyl (C=O) groups excluding carboxylic acids is 1. The zero-order valence-corrected chi connectivity index (χ0v) is 10.0. The average molecular weight is 220 g/mol. The summed E-state index contributed by atoms with van der Waals surface area (Å²) in [5, 5.41) is 5.95. The van der Waals surface area contributed by atoms with Crippen LogP contribution in [0.5, 0.6) is 0 Å². The molecule has 0 fully saturated rings. The summed E-state index contributed by atoms with van der Waals surface area (Å²) in [6.45, 7) is 3.28. The van der Waals surface area contributed by atoms with Crippen molar-refractivity contribution in [2.45, 2.75) is 6.92 Å². The third-order valence-electron chi connectivity index (χ3n) is 1.92. The van der Waals surface area contributed by atoms with Crippen LogP contribution in [0.3, 0.4) is 0 Å². The fraction of sp³-hybridized carbons (Fsp3) is 0.417. The van der Waals surface area contributed by atoms with Crippen LogP contribution in [0.25, 0.3) is 0 Å². The number of anilines is 2. The second kappa shape index (κ2) is 6.12. The number of carbonyl (C=O) groups is 1. The summed E-state index contributed by atoms with van der Waals surface area (Å²) in [6, 6.07) is 8.59. The highest BCUT2D eigenvalue weighted by atomic mass is 16.2. The van der Waals surface area contributed by atoms with Crippen molar-refractivity contribution in [3.05, 3.63) is 24.3 Å². The smallest absolute Gasteiger partial charge is 0.238 e. The number of nitrogens with one attached hydrogen (secondary N) is 2. The Morgan fingerprint density at radius 1 is 1.44 bits per heavy atom. The standard InChI is InChI=1S/C12H18N3O/c1-4-13-10-5-7-11(8-6-10)14-12(16)9-15(2)3/h5,7-8,13H,4,9H2,1-3H3,(H,14,16). The van der Waals surface area contributed by atoms with E-state index in [1.807, 2.05) is 38.1 Å². The van der Waals surface area contributed by atoms with Gasteiger partial charge in [0, 0.05) is 24.0 Å². The summed E-state index contributed by atoms with van der Waals surface area (Å²) in [4.78, 5) is 13.3. The first kappa shape index (κ1) is 12.5. The van der Waals surface area contributed by atoms with Crippen molar-refractivity contribution < 1.29 is 4.79 Å². The molecular weight excluding hydrogens is 202 g/mol. The van der Waals surface area contributed by atoms with Crippen molar-refractivity contribution in [3.63, 3.8) is 0 Å². The largest absolute Gasteiger partial charge is 0.385 e. The van der Waals surface area contributed by atoms with E-state index in [0.717, 1.165) is 17.9 Å². The third kappa shape index (κ3) is 4.31. The quantitative estimate of drug-likeness (QED) is 0.788. The van der Waals surface area contributed by atoms with Gasteiger partial charge in [-0.3, -0.25) is 4.79 Å². The minimum atomic E-state index is -0.0189. The van der Waals surface area contributed by atoms with Crippen LogP contribution in [0.2, 0.25) is 0 Å². The fourth-order valence-corrected chi connectivity index (χ4v) is 1.29. The van der Waals surface area contributed by atoms with Gasteiger partial charge in [0.05, 0.1) is 6.54 Å². The average Bonchev–Trinajstić information content (AvgIpc) is 2.20. The second-order valence-electron chi connectivity index (χ2n) is 3.81. The van der Waals surface area contributed by atoms with Gasteiger partial charge in [0.2, 0.25) is 5.91 Å². The van der Waals surface area contributed by atoms with Crippen LogP contribution in [-0.2, 0) is 4.79 Å². The zero-order valence-electron chi connectivity index (χ0n) is 10.0. The van der Waals surface area contributed by atoms with Crippen LogP contribution in [-0.4, -0.2) is 38.0 Å². The van der Waals surface area contributed by atoms with E-state index in [1.54, 1.807) is 6.07 Å². The van der Waals surface area contributed by atoms with Crippen LogP contribution in [0.1, 0.15) is 6.92 Å². The molecule has 0 unspecified atom stereocenters. The van der Waals surface area contributed by atoms with E-state index in [9.17, 15) is 4.79 Å². The SMILES string of the molecule is CCNc1[c]cc(NC(=O)CN(C)C)cc1. The van der Waals surface area contributed by atoms with Gasteiger partial charge < -0.3 is 15.5 Å². The summed E-state index contributed by atoms with van der Waals surface area (Å²) in [5.74, 6) is -0.0189. The maximum absolute atomic E-state index is 11.5. The third-order valence-corrected chi connectivity index (χ3v) is 1.92. The summed E-state index contributed by atoms with van der Waals surface area (Å²) >= 11 is 0. The molecule has 1 aromatic rings. The minimum absolute atomic E-state index is 0.0189. The minimum Gasteiger partial charge on any atom is -0.385 e. The van der Waals surface area contributed by atoms with E-state index < -0.39 is 0 Å². The highest BCUT2D eigenvalue weighted by Gasteiger charge is 2.03. The number of likely N-dealkylation sites (N-methyl/N-ethyl adjacent to an activating group) is 1. The maximum atomic E-state index is 11.5. The molecule has 4 nitrogen and oxygen atoms in total. The molecule has 0 atom stereocenters. The van der Waals surface area contributed by atoms with Gasteiger partial charge in [-0.05, 0) is 39.2 Å². The molecule has 4 heteroatoms. The fourth-order valence-electron chi connectivity index (χ4n) is 1.29. The molecule has 1 amide bonds. The molecule has 16 heavy (non-hydrogen) atoms. The molecule has 0 saturated carbocycles. The van der Waals surface area contributed by atoms with E-state index >= 15 is 0 Å². The Bertz CT molecular complexity index is 333. The molecule has 1 radical (unpaired) electrons. The molecule has 0 aliphatic carbocycles. The van der Waals surface area contributed by atoms with Gasteiger partial charge in [0.1, 0.15) is 0 Å². The molecule has 0 spiro atoms. The van der Waals surface area contributed by atoms with Crippen molar-refractivity contribution in [1.82, 2.24) is 4.90 Å². The molecule has 2 N–H and O–H groups in total. The predicted molar refractivity (Wildman–Crippen MR) is 66.6 cm³/mol. The summed E-state index contributed by atoms with van der Waals surface area (Å²) < 4.78 is 0. The van der Waals surface area contributed by atoms with E-state index in [1.165, 1.54) is 0 Å². The number of amides is 1. The molecule has 0 aromatic heterocycles. The van der Waals surface area contributed by atoms with Gasteiger partial charge in [-0.2, -0.15) is 0 Å². The molecule has 0 bridgehead atoms. The van der Waals surface area contributed by atoms with Crippen molar-refractivity contribution in [2.24, 2.45) is 0 Å². The van der Waals surface area contributed by atoms with Crippen LogP contribution in [0.4, 0.5) is 11.4 Å². The van der Waals surface area contributed by atoms with Gasteiger partial charge in [-0.25, -0.2) is 0 Å². The molecule has 0 saturated heterocycles. The van der Waals surface area contributed by atoms with Gasteiger partial charge in [0.15, 0.2) is 0 Å². The molecule has 1 rings (SSSR count).